The number of nitrogens with one attached hydrogen (secondary N) is 1. The Hall–Kier alpha value is -2.60. The Labute approximate surface area is 187 Å². The van der Waals surface area contributed by atoms with Gasteiger partial charge in [-0.15, -0.1) is 0 Å². The van der Waals surface area contributed by atoms with Crippen molar-refractivity contribution in [2.45, 2.75) is 62.5 Å². The van der Waals surface area contributed by atoms with E-state index in [1.165, 1.54) is 24.6 Å². The van der Waals surface area contributed by atoms with Crippen LogP contribution in [-0.4, -0.2) is 26.8 Å². The molecule has 31 heavy (non-hydrogen) atoms. The first-order valence-corrected chi connectivity index (χ1v) is 11.9. The van der Waals surface area contributed by atoms with E-state index >= 15 is 0 Å². The summed E-state index contributed by atoms with van der Waals surface area (Å²) in [6, 6.07) is 17.5. The van der Waals surface area contributed by atoms with Crippen LogP contribution in [0, 0.1) is 5.92 Å². The number of nitrogens with zero attached hydrogens (tertiary/aromatic N) is 2. The molecule has 4 rings (SSSR count). The van der Waals surface area contributed by atoms with E-state index in [2.05, 4.69) is 12.2 Å². The van der Waals surface area contributed by atoms with Gasteiger partial charge in [-0.3, -0.25) is 14.2 Å². The van der Waals surface area contributed by atoms with Crippen molar-refractivity contribution in [1.29, 1.82) is 0 Å². The molecule has 2 aromatic carbocycles. The second kappa shape index (κ2) is 9.69. The van der Waals surface area contributed by atoms with Gasteiger partial charge in [0.05, 0.1) is 22.7 Å². The smallest absolute Gasteiger partial charge is 0.262 e. The maximum atomic E-state index is 13.3. The first-order valence-electron chi connectivity index (χ1n) is 11.0. The summed E-state index contributed by atoms with van der Waals surface area (Å²) in [4.78, 5) is 31.0. The standard InChI is InChI=1S/C25H29N3O2S/c1-17-10-6-8-14-21(17)26-23(29)18(2)31-25-27-22-15-9-7-13-20(22)24(30)28(25)16-19-11-4-3-5-12-19/h3-5,7,9,11-13,15,17-18,21H,6,8,10,14,16H2,1-2H3,(H,26,29). The van der Waals surface area contributed by atoms with E-state index in [4.69, 9.17) is 4.98 Å². The van der Waals surface area contributed by atoms with Crippen molar-refractivity contribution < 1.29 is 4.79 Å². The number of amides is 1. The summed E-state index contributed by atoms with van der Waals surface area (Å²) < 4.78 is 1.69. The van der Waals surface area contributed by atoms with Gasteiger partial charge in [-0.25, -0.2) is 4.98 Å². The Morgan fingerprint density at radius 2 is 1.84 bits per heavy atom. The molecule has 5 nitrogen and oxygen atoms in total. The van der Waals surface area contributed by atoms with E-state index in [-0.39, 0.29) is 22.8 Å². The maximum Gasteiger partial charge on any atom is 0.262 e. The fourth-order valence-corrected chi connectivity index (χ4v) is 5.10. The molecule has 0 saturated heterocycles. The van der Waals surface area contributed by atoms with Crippen molar-refractivity contribution >= 4 is 28.6 Å². The molecule has 1 saturated carbocycles. The largest absolute Gasteiger partial charge is 0.352 e. The minimum Gasteiger partial charge on any atom is -0.352 e. The number of carbonyl (C=O) groups is 1. The summed E-state index contributed by atoms with van der Waals surface area (Å²) in [7, 11) is 0. The number of hydrogen-bond donors (Lipinski definition) is 1. The van der Waals surface area contributed by atoms with Crippen LogP contribution in [0.4, 0.5) is 0 Å². The van der Waals surface area contributed by atoms with E-state index in [0.29, 0.717) is 28.5 Å². The van der Waals surface area contributed by atoms with Gasteiger partial charge in [0, 0.05) is 6.04 Å². The van der Waals surface area contributed by atoms with Crippen LogP contribution in [0.25, 0.3) is 10.9 Å². The average molecular weight is 436 g/mol. The number of benzene rings is 2. The van der Waals surface area contributed by atoms with Crippen LogP contribution in [0.3, 0.4) is 0 Å². The Morgan fingerprint density at radius 3 is 2.61 bits per heavy atom. The second-order valence-electron chi connectivity index (χ2n) is 8.43. The van der Waals surface area contributed by atoms with Crippen LogP contribution in [0.2, 0.25) is 0 Å². The van der Waals surface area contributed by atoms with Crippen LogP contribution >= 0.6 is 11.8 Å². The van der Waals surface area contributed by atoms with Crippen LogP contribution < -0.4 is 10.9 Å². The molecule has 0 aliphatic heterocycles. The highest BCUT2D eigenvalue weighted by Gasteiger charge is 2.26. The lowest BCUT2D eigenvalue weighted by Gasteiger charge is -2.30. The predicted octanol–water partition coefficient (Wildman–Crippen LogP) is 4.62. The molecule has 3 atom stereocenters. The summed E-state index contributed by atoms with van der Waals surface area (Å²) in [5.41, 5.74) is 1.61. The van der Waals surface area contributed by atoms with E-state index in [1.807, 2.05) is 55.5 Å². The zero-order chi connectivity index (χ0) is 21.8. The molecule has 1 heterocycles. The molecule has 3 aromatic rings. The van der Waals surface area contributed by atoms with E-state index in [9.17, 15) is 9.59 Å². The van der Waals surface area contributed by atoms with Gasteiger partial charge in [-0.05, 0) is 43.4 Å². The molecule has 1 fully saturated rings. The zero-order valence-corrected chi connectivity index (χ0v) is 18.9. The van der Waals surface area contributed by atoms with Crippen molar-refractivity contribution in [2.24, 2.45) is 5.92 Å². The molecule has 3 unspecified atom stereocenters. The predicted molar refractivity (Wildman–Crippen MR) is 126 cm³/mol. The molecule has 162 valence electrons. The minimum atomic E-state index is -0.343. The summed E-state index contributed by atoms with van der Waals surface area (Å²) in [5, 5.41) is 4.06. The molecular weight excluding hydrogens is 406 g/mol. The molecular formula is C25H29N3O2S. The quantitative estimate of drug-likeness (QED) is 0.453. The number of fused-ring (bicyclic) bond motifs is 1. The average Bonchev–Trinajstić information content (AvgIpc) is 2.78. The van der Waals surface area contributed by atoms with Gasteiger partial charge >= 0.3 is 0 Å². The lowest BCUT2D eigenvalue weighted by molar-refractivity contribution is -0.121. The lowest BCUT2D eigenvalue weighted by atomic mass is 9.86. The third kappa shape index (κ3) is 5.01. The van der Waals surface area contributed by atoms with E-state index in [1.54, 1.807) is 10.6 Å². The summed E-state index contributed by atoms with van der Waals surface area (Å²) in [5.74, 6) is 0.516. The molecule has 1 N–H and O–H groups in total. The van der Waals surface area contributed by atoms with Gasteiger partial charge in [-0.1, -0.05) is 74.0 Å². The highest BCUT2D eigenvalue weighted by molar-refractivity contribution is 8.00. The monoisotopic (exact) mass is 435 g/mol. The maximum absolute atomic E-state index is 13.3. The van der Waals surface area contributed by atoms with Gasteiger partial charge in [0.25, 0.3) is 5.56 Å². The van der Waals surface area contributed by atoms with Crippen LogP contribution in [0.15, 0.2) is 64.5 Å². The molecule has 6 heteroatoms. The topological polar surface area (TPSA) is 64.0 Å². The van der Waals surface area contributed by atoms with Gasteiger partial charge < -0.3 is 5.32 Å². The van der Waals surface area contributed by atoms with E-state index in [0.717, 1.165) is 18.4 Å². The van der Waals surface area contributed by atoms with Gasteiger partial charge in [-0.2, -0.15) is 0 Å². The number of carbonyl (C=O) groups excluding carboxylic acids is 1. The van der Waals surface area contributed by atoms with Gasteiger partial charge in [0.2, 0.25) is 5.91 Å². The number of rotatable bonds is 6. The number of para-hydroxylation sites is 1. The van der Waals surface area contributed by atoms with Crippen LogP contribution in [0.5, 0.6) is 0 Å². The molecule has 1 aliphatic carbocycles. The molecule has 0 spiro atoms. The first kappa shape index (κ1) is 21.6. The van der Waals surface area contributed by atoms with E-state index < -0.39 is 0 Å². The van der Waals surface area contributed by atoms with Crippen LogP contribution in [-0.2, 0) is 11.3 Å². The molecule has 1 aromatic heterocycles. The lowest BCUT2D eigenvalue weighted by Crippen LogP contribution is -2.44. The third-order valence-corrected chi connectivity index (χ3v) is 7.19. The SMILES string of the molecule is CC(Sc1nc2ccccc2c(=O)n1Cc1ccccc1)C(=O)NC1CCCCC1C. The van der Waals surface area contributed by atoms with Crippen molar-refractivity contribution in [1.82, 2.24) is 14.9 Å². The highest BCUT2D eigenvalue weighted by Crippen LogP contribution is 2.26. The van der Waals surface area contributed by atoms with Crippen molar-refractivity contribution in [2.75, 3.05) is 0 Å². The second-order valence-corrected chi connectivity index (χ2v) is 9.73. The Balaban J connectivity index is 1.61. The molecule has 1 amide bonds. The van der Waals surface area contributed by atoms with Crippen molar-refractivity contribution in [3.8, 4) is 0 Å². The normalized spacial score (nSPS) is 19.8. The van der Waals surface area contributed by atoms with Crippen LogP contribution in [0.1, 0.15) is 45.1 Å². The summed E-state index contributed by atoms with van der Waals surface area (Å²) >= 11 is 1.36. The number of hydrogen-bond acceptors (Lipinski definition) is 4. The number of thioether (sulfide) groups is 1. The van der Waals surface area contributed by atoms with Gasteiger partial charge in [0.15, 0.2) is 5.16 Å². The van der Waals surface area contributed by atoms with Crippen molar-refractivity contribution in [3.63, 3.8) is 0 Å². The fourth-order valence-electron chi connectivity index (χ4n) is 4.19. The highest BCUT2D eigenvalue weighted by atomic mass is 32.2. The Bertz CT molecular complexity index is 1110. The summed E-state index contributed by atoms with van der Waals surface area (Å²) in [6.07, 6.45) is 4.61. The first-order chi connectivity index (χ1) is 15.0. The molecule has 0 radical (unpaired) electrons. The van der Waals surface area contributed by atoms with Crippen molar-refractivity contribution in [3.05, 3.63) is 70.5 Å². The number of aromatic nitrogens is 2. The Kier molecular flexibility index (Phi) is 6.76. The third-order valence-electron chi connectivity index (χ3n) is 6.10. The van der Waals surface area contributed by atoms with Gasteiger partial charge in [0.1, 0.15) is 0 Å². The molecule has 0 bridgehead atoms. The minimum absolute atomic E-state index is 0.0115. The zero-order valence-electron chi connectivity index (χ0n) is 18.1. The fraction of sp³-hybridized carbons (Fsp3) is 0.400. The Morgan fingerprint density at radius 1 is 1.13 bits per heavy atom. The molecule has 1 aliphatic rings. The summed E-state index contributed by atoms with van der Waals surface area (Å²) in [6.45, 7) is 4.53.